The second kappa shape index (κ2) is 12.4. The van der Waals surface area contributed by atoms with Gasteiger partial charge in [0.15, 0.2) is 5.78 Å². The first kappa shape index (κ1) is 29.4. The quantitative estimate of drug-likeness (QED) is 0.0705. The molecule has 7 heteroatoms. The lowest BCUT2D eigenvalue weighted by atomic mass is 9.97. The summed E-state index contributed by atoms with van der Waals surface area (Å²) in [5.41, 5.74) is 5.17. The Balaban J connectivity index is 1.53. The molecule has 0 atom stereocenters. The van der Waals surface area contributed by atoms with Gasteiger partial charge in [-0.1, -0.05) is 41.6 Å². The zero-order chi connectivity index (χ0) is 29.9. The summed E-state index contributed by atoms with van der Waals surface area (Å²) in [6.07, 6.45) is 3.09. The molecule has 3 aromatic carbocycles. The van der Waals surface area contributed by atoms with Crippen LogP contribution in [0, 0.1) is 6.92 Å². The highest BCUT2D eigenvalue weighted by Gasteiger charge is 2.37. The normalized spacial score (nSPS) is 14.8. The minimum absolute atomic E-state index is 0.00609. The van der Waals surface area contributed by atoms with E-state index in [1.165, 1.54) is 0 Å². The summed E-state index contributed by atoms with van der Waals surface area (Å²) >= 11 is 0. The number of carbonyl (C=O) groups excluding carboxylic acids is 2. The summed E-state index contributed by atoms with van der Waals surface area (Å²) in [5.74, 6) is -0.393. The van der Waals surface area contributed by atoms with Crippen molar-refractivity contribution in [2.24, 2.45) is 5.16 Å². The zero-order valence-electron chi connectivity index (χ0n) is 25.0. The van der Waals surface area contributed by atoms with E-state index < -0.39 is 11.5 Å². The van der Waals surface area contributed by atoms with Crippen LogP contribution < -0.4 is 0 Å². The Hall–Kier alpha value is -4.07. The number of rotatable bonds is 10. The highest BCUT2D eigenvalue weighted by atomic mass is 16.7. The van der Waals surface area contributed by atoms with E-state index in [1.807, 2.05) is 75.4 Å². The van der Waals surface area contributed by atoms with Crippen molar-refractivity contribution in [1.29, 1.82) is 0 Å². The van der Waals surface area contributed by atoms with E-state index >= 15 is 0 Å². The largest absolute Gasteiger partial charge is 0.379 e. The van der Waals surface area contributed by atoms with Crippen LogP contribution in [0.1, 0.15) is 60.7 Å². The summed E-state index contributed by atoms with van der Waals surface area (Å²) < 4.78 is 7.70. The highest BCUT2D eigenvalue weighted by Crippen LogP contribution is 2.32. The Bertz CT molecular complexity index is 1670. The van der Waals surface area contributed by atoms with Crippen molar-refractivity contribution in [3.8, 4) is 0 Å². The molecule has 1 aliphatic rings. The monoisotopic (exact) mass is 565 g/mol. The Morgan fingerprint density at radius 2 is 1.64 bits per heavy atom. The molecule has 1 fully saturated rings. The molecule has 4 aromatic rings. The van der Waals surface area contributed by atoms with E-state index in [1.54, 1.807) is 0 Å². The SMILES string of the molecule is C=CCCC(=NOC(=O)C(C)(C)N1CCOCC1)c1ccc2c(c1)c1cc(C(=O)c3ccccc3C)ccc1n2CC. The number of benzene rings is 3. The number of nitrogens with zero attached hydrogens (tertiary/aromatic N) is 3. The smallest absolute Gasteiger partial charge is 0.354 e. The van der Waals surface area contributed by atoms with Gasteiger partial charge in [0, 0.05) is 58.1 Å². The van der Waals surface area contributed by atoms with Crippen molar-refractivity contribution in [3.63, 3.8) is 0 Å². The topological polar surface area (TPSA) is 73.1 Å². The van der Waals surface area contributed by atoms with Crippen LogP contribution in [-0.4, -0.2) is 58.8 Å². The van der Waals surface area contributed by atoms with Crippen molar-refractivity contribution in [2.45, 2.75) is 52.6 Å². The van der Waals surface area contributed by atoms with Crippen LogP contribution in [-0.2, 0) is 20.9 Å². The molecule has 0 amide bonds. The molecule has 1 aliphatic heterocycles. The molecule has 1 saturated heterocycles. The van der Waals surface area contributed by atoms with E-state index in [-0.39, 0.29) is 5.78 Å². The van der Waals surface area contributed by atoms with E-state index in [9.17, 15) is 9.59 Å². The van der Waals surface area contributed by atoms with Gasteiger partial charge >= 0.3 is 5.97 Å². The maximum atomic E-state index is 13.5. The van der Waals surface area contributed by atoms with Crippen molar-refractivity contribution >= 4 is 39.3 Å². The van der Waals surface area contributed by atoms with Crippen molar-refractivity contribution in [3.05, 3.63) is 95.6 Å². The molecule has 0 N–H and O–H groups in total. The summed E-state index contributed by atoms with van der Waals surface area (Å²) in [6.45, 7) is 15.0. The van der Waals surface area contributed by atoms with Crippen LogP contribution >= 0.6 is 0 Å². The molecule has 0 saturated carbocycles. The van der Waals surface area contributed by atoms with E-state index in [0.717, 1.165) is 39.5 Å². The van der Waals surface area contributed by atoms with Gasteiger partial charge in [-0.3, -0.25) is 9.69 Å². The second-order valence-corrected chi connectivity index (χ2v) is 11.3. The second-order valence-electron chi connectivity index (χ2n) is 11.3. The van der Waals surface area contributed by atoms with Gasteiger partial charge in [0.1, 0.15) is 5.54 Å². The molecule has 0 radical (unpaired) electrons. The molecule has 1 aromatic heterocycles. The molecular formula is C35H39N3O4. The predicted octanol–water partition coefficient (Wildman–Crippen LogP) is 6.68. The number of morpholine rings is 1. The number of aromatic nitrogens is 1. The first-order valence-corrected chi connectivity index (χ1v) is 14.6. The summed E-state index contributed by atoms with van der Waals surface area (Å²) in [7, 11) is 0. The molecule has 42 heavy (non-hydrogen) atoms. The average molecular weight is 566 g/mol. The number of ketones is 1. The molecule has 2 heterocycles. The third kappa shape index (κ3) is 5.67. The Kier molecular flexibility index (Phi) is 8.71. The minimum atomic E-state index is -0.824. The number of fused-ring (bicyclic) bond motifs is 3. The number of oxime groups is 1. The van der Waals surface area contributed by atoms with Gasteiger partial charge in [-0.05, 0) is 76.4 Å². The van der Waals surface area contributed by atoms with Gasteiger partial charge in [-0.15, -0.1) is 6.58 Å². The van der Waals surface area contributed by atoms with Crippen LogP contribution in [0.15, 0.2) is 78.5 Å². The predicted molar refractivity (Wildman–Crippen MR) is 168 cm³/mol. The number of ether oxygens (including phenoxy) is 1. The minimum Gasteiger partial charge on any atom is -0.379 e. The van der Waals surface area contributed by atoms with Crippen molar-refractivity contribution < 1.29 is 19.2 Å². The van der Waals surface area contributed by atoms with E-state index in [4.69, 9.17) is 9.57 Å². The fraction of sp³-hybridized carbons (Fsp3) is 0.343. The van der Waals surface area contributed by atoms with Crippen LogP contribution in [0.4, 0.5) is 0 Å². The Morgan fingerprint density at radius 1 is 1.00 bits per heavy atom. The fourth-order valence-electron chi connectivity index (χ4n) is 5.69. The van der Waals surface area contributed by atoms with E-state index in [0.29, 0.717) is 56.0 Å². The number of hydrogen-bond acceptors (Lipinski definition) is 6. The van der Waals surface area contributed by atoms with Crippen LogP contribution in [0.5, 0.6) is 0 Å². The van der Waals surface area contributed by atoms with Crippen LogP contribution in [0.2, 0.25) is 0 Å². The molecule has 0 spiro atoms. The third-order valence-corrected chi connectivity index (χ3v) is 8.29. The van der Waals surface area contributed by atoms with E-state index in [2.05, 4.69) is 40.3 Å². The molecule has 218 valence electrons. The number of allylic oxidation sites excluding steroid dienone is 1. The van der Waals surface area contributed by atoms with Gasteiger partial charge in [-0.2, -0.15) is 0 Å². The van der Waals surface area contributed by atoms with Gasteiger partial charge in [-0.25, -0.2) is 4.79 Å². The van der Waals surface area contributed by atoms with Gasteiger partial charge < -0.3 is 14.1 Å². The molecule has 0 bridgehead atoms. The maximum Gasteiger partial charge on any atom is 0.354 e. The first-order chi connectivity index (χ1) is 20.3. The van der Waals surface area contributed by atoms with Crippen molar-refractivity contribution in [2.75, 3.05) is 26.3 Å². The third-order valence-electron chi connectivity index (χ3n) is 8.29. The summed E-state index contributed by atoms with van der Waals surface area (Å²) in [6, 6.07) is 19.8. The number of carbonyl (C=O) groups is 2. The Morgan fingerprint density at radius 3 is 2.29 bits per heavy atom. The van der Waals surface area contributed by atoms with Crippen molar-refractivity contribution in [1.82, 2.24) is 9.47 Å². The molecule has 0 aliphatic carbocycles. The lowest BCUT2D eigenvalue weighted by Gasteiger charge is -2.37. The maximum absolute atomic E-state index is 13.5. The number of aryl methyl sites for hydroxylation is 2. The lowest BCUT2D eigenvalue weighted by molar-refractivity contribution is -0.159. The number of hydrogen-bond donors (Lipinski definition) is 0. The van der Waals surface area contributed by atoms with Crippen LogP contribution in [0.3, 0.4) is 0 Å². The zero-order valence-corrected chi connectivity index (χ0v) is 25.0. The molecule has 0 unspecified atom stereocenters. The van der Waals surface area contributed by atoms with Gasteiger partial charge in [0.2, 0.25) is 0 Å². The highest BCUT2D eigenvalue weighted by molar-refractivity contribution is 6.16. The summed E-state index contributed by atoms with van der Waals surface area (Å²) in [5, 5.41) is 6.43. The lowest BCUT2D eigenvalue weighted by Crippen LogP contribution is -2.54. The molecule has 7 nitrogen and oxygen atoms in total. The fourth-order valence-corrected chi connectivity index (χ4v) is 5.69. The Labute approximate surface area is 247 Å². The summed E-state index contributed by atoms with van der Waals surface area (Å²) in [4.78, 5) is 34.3. The van der Waals surface area contributed by atoms with Gasteiger partial charge in [0.25, 0.3) is 0 Å². The van der Waals surface area contributed by atoms with Crippen LogP contribution in [0.25, 0.3) is 21.8 Å². The molecular weight excluding hydrogens is 526 g/mol. The molecule has 5 rings (SSSR count). The standard InChI is InChI=1S/C35H39N3O4/c1-6-8-13-30(36-42-34(40)35(4,5)37-18-20-41-21-19-37)25-14-16-31-28(22-25)29-23-26(15-17-32(29)38(31)7-2)33(39)27-12-10-9-11-24(27)3/h6,9-12,14-17,22-23H,1,7-8,13,18-21H2,2-5H3. The van der Waals surface area contributed by atoms with Gasteiger partial charge in [0.05, 0.1) is 18.9 Å². The average Bonchev–Trinajstić information content (AvgIpc) is 3.33. The first-order valence-electron chi connectivity index (χ1n) is 14.6.